The minimum absolute atomic E-state index is 0.284. The van der Waals surface area contributed by atoms with E-state index in [0.29, 0.717) is 0 Å². The summed E-state index contributed by atoms with van der Waals surface area (Å²) in [6, 6.07) is 8.10. The number of nitrogens with zero attached hydrogens (tertiary/aromatic N) is 1. The first-order chi connectivity index (χ1) is 9.20. The van der Waals surface area contributed by atoms with E-state index in [1.165, 1.54) is 0 Å². The van der Waals surface area contributed by atoms with Crippen LogP contribution in [0.15, 0.2) is 29.6 Å². The quantitative estimate of drug-likeness (QED) is 0.857. The Balaban J connectivity index is 1.98. The zero-order valence-corrected chi connectivity index (χ0v) is 13.2. The summed E-state index contributed by atoms with van der Waals surface area (Å²) in [4.78, 5) is 4.64. The first-order valence-corrected chi connectivity index (χ1v) is 8.64. The summed E-state index contributed by atoms with van der Waals surface area (Å²) in [5, 5.41) is 3.84. The highest BCUT2D eigenvalue weighted by Crippen LogP contribution is 2.30. The first kappa shape index (κ1) is 14.9. The normalized spacial score (nSPS) is 12.6. The molecule has 0 spiro atoms. The van der Waals surface area contributed by atoms with Crippen molar-refractivity contribution in [1.29, 1.82) is 0 Å². The molecule has 0 radical (unpaired) electrons. The lowest BCUT2D eigenvalue weighted by Gasteiger charge is -2.06. The highest BCUT2D eigenvalue weighted by atomic mass is 35.5. The second kappa shape index (κ2) is 7.29. The van der Waals surface area contributed by atoms with E-state index in [1.54, 1.807) is 11.3 Å². The number of thiazole rings is 1. The largest absolute Gasteiger partial charge is 0.327 e. The van der Waals surface area contributed by atoms with E-state index in [9.17, 15) is 0 Å². The molecule has 1 aromatic heterocycles. The molecule has 0 saturated carbocycles. The van der Waals surface area contributed by atoms with Crippen molar-refractivity contribution in [1.82, 2.24) is 4.98 Å². The molecule has 0 fully saturated rings. The van der Waals surface area contributed by atoms with E-state index >= 15 is 0 Å². The zero-order chi connectivity index (χ0) is 13.7. The van der Waals surface area contributed by atoms with Gasteiger partial charge in [0.15, 0.2) is 0 Å². The second-order valence-electron chi connectivity index (χ2n) is 4.31. The molecule has 0 aliphatic carbocycles. The lowest BCUT2D eigenvalue weighted by molar-refractivity contribution is 0.724. The number of halogens is 1. The molecule has 0 saturated heterocycles. The lowest BCUT2D eigenvalue weighted by atomic mass is 10.2. The van der Waals surface area contributed by atoms with E-state index in [-0.39, 0.29) is 6.04 Å². The highest BCUT2D eigenvalue weighted by molar-refractivity contribution is 7.98. The molecule has 0 bridgehead atoms. The van der Waals surface area contributed by atoms with Gasteiger partial charge in [-0.3, -0.25) is 0 Å². The SMILES string of the molecule is CCC(N)CSCc1csc(-c2ccccc2Cl)n1. The monoisotopic (exact) mass is 312 g/mol. The molecule has 2 nitrogen and oxygen atoms in total. The van der Waals surface area contributed by atoms with Crippen LogP contribution >= 0.6 is 34.7 Å². The fourth-order valence-corrected chi connectivity index (χ4v) is 3.82. The molecule has 102 valence electrons. The van der Waals surface area contributed by atoms with Crippen molar-refractivity contribution in [3.05, 3.63) is 40.4 Å². The van der Waals surface area contributed by atoms with Gasteiger partial charge in [-0.2, -0.15) is 11.8 Å². The highest BCUT2D eigenvalue weighted by Gasteiger charge is 2.08. The smallest absolute Gasteiger partial charge is 0.125 e. The van der Waals surface area contributed by atoms with Crippen LogP contribution in [0.2, 0.25) is 5.02 Å². The molecule has 1 unspecified atom stereocenters. The van der Waals surface area contributed by atoms with Crippen LogP contribution in [0.5, 0.6) is 0 Å². The molecule has 2 N–H and O–H groups in total. The summed E-state index contributed by atoms with van der Waals surface area (Å²) < 4.78 is 0. The minimum Gasteiger partial charge on any atom is -0.327 e. The maximum Gasteiger partial charge on any atom is 0.125 e. The molecule has 1 heterocycles. The molecule has 2 aromatic rings. The van der Waals surface area contributed by atoms with Crippen LogP contribution in [-0.4, -0.2) is 16.8 Å². The zero-order valence-electron chi connectivity index (χ0n) is 10.8. The van der Waals surface area contributed by atoms with E-state index in [2.05, 4.69) is 17.3 Å². The summed E-state index contributed by atoms with van der Waals surface area (Å²) in [6.07, 6.45) is 1.02. The summed E-state index contributed by atoms with van der Waals surface area (Å²) in [5.74, 6) is 1.89. The topological polar surface area (TPSA) is 38.9 Å². The molecule has 2 rings (SSSR count). The second-order valence-corrected chi connectivity index (χ2v) is 6.60. The number of nitrogens with two attached hydrogens (primary N) is 1. The Morgan fingerprint density at radius 1 is 1.42 bits per heavy atom. The number of thioether (sulfide) groups is 1. The van der Waals surface area contributed by atoms with E-state index < -0.39 is 0 Å². The van der Waals surface area contributed by atoms with Gasteiger partial charge in [0.1, 0.15) is 5.01 Å². The van der Waals surface area contributed by atoms with Crippen molar-refractivity contribution < 1.29 is 0 Å². The third-order valence-corrected chi connectivity index (χ3v) is 5.18. The van der Waals surface area contributed by atoms with Crippen molar-refractivity contribution in [2.75, 3.05) is 5.75 Å². The van der Waals surface area contributed by atoms with Gasteiger partial charge in [-0.15, -0.1) is 11.3 Å². The lowest BCUT2D eigenvalue weighted by Crippen LogP contribution is -2.21. The van der Waals surface area contributed by atoms with Gasteiger partial charge in [-0.05, 0) is 12.5 Å². The molecule has 0 aliphatic rings. The summed E-state index contributed by atoms with van der Waals surface area (Å²) in [6.45, 7) is 2.11. The number of hydrogen-bond donors (Lipinski definition) is 1. The average Bonchev–Trinajstić information content (AvgIpc) is 2.87. The van der Waals surface area contributed by atoms with Crippen LogP contribution in [0, 0.1) is 0 Å². The molecule has 19 heavy (non-hydrogen) atoms. The number of hydrogen-bond acceptors (Lipinski definition) is 4. The van der Waals surface area contributed by atoms with Crippen molar-refractivity contribution >= 4 is 34.7 Å². The third-order valence-electron chi connectivity index (χ3n) is 2.76. The van der Waals surface area contributed by atoms with Crippen LogP contribution in [0.25, 0.3) is 10.6 Å². The molecule has 1 aromatic carbocycles. The van der Waals surface area contributed by atoms with Crippen LogP contribution in [0.1, 0.15) is 19.0 Å². The Bertz CT molecular complexity index is 528. The molecule has 1 atom stereocenters. The summed E-state index contributed by atoms with van der Waals surface area (Å²) in [7, 11) is 0. The number of benzene rings is 1. The molecular weight excluding hydrogens is 296 g/mol. The summed E-state index contributed by atoms with van der Waals surface area (Å²) >= 11 is 9.66. The van der Waals surface area contributed by atoms with Crippen LogP contribution in [0.3, 0.4) is 0 Å². The van der Waals surface area contributed by atoms with Crippen molar-refractivity contribution in [3.63, 3.8) is 0 Å². The maximum atomic E-state index is 6.18. The van der Waals surface area contributed by atoms with Crippen molar-refractivity contribution in [3.8, 4) is 10.6 Å². The van der Waals surface area contributed by atoms with Gasteiger partial charge in [0.25, 0.3) is 0 Å². The average molecular weight is 313 g/mol. The Hall–Kier alpha value is -0.550. The molecule has 0 amide bonds. The predicted octanol–water partition coefficient (Wildman–Crippen LogP) is 4.43. The van der Waals surface area contributed by atoms with Crippen molar-refractivity contribution in [2.24, 2.45) is 5.73 Å². The number of rotatable bonds is 6. The van der Waals surface area contributed by atoms with Gasteiger partial charge < -0.3 is 5.73 Å². The Kier molecular flexibility index (Phi) is 5.70. The maximum absolute atomic E-state index is 6.18. The summed E-state index contributed by atoms with van der Waals surface area (Å²) in [5.41, 5.74) is 8.01. The molecule has 5 heteroatoms. The van der Waals surface area contributed by atoms with Gasteiger partial charge in [0.05, 0.1) is 10.7 Å². The van der Waals surface area contributed by atoms with Gasteiger partial charge >= 0.3 is 0 Å². The van der Waals surface area contributed by atoms with Gasteiger partial charge in [0.2, 0.25) is 0 Å². The fourth-order valence-electron chi connectivity index (χ4n) is 1.56. The Labute approximate surface area is 127 Å². The Morgan fingerprint density at radius 2 is 2.21 bits per heavy atom. The van der Waals surface area contributed by atoms with Crippen LogP contribution in [0.4, 0.5) is 0 Å². The van der Waals surface area contributed by atoms with Crippen molar-refractivity contribution in [2.45, 2.75) is 25.1 Å². The van der Waals surface area contributed by atoms with E-state index in [1.807, 2.05) is 36.0 Å². The standard InChI is InChI=1S/C14H17ClN2S2/c1-2-10(16)7-18-8-11-9-19-14(17-11)12-5-3-4-6-13(12)15/h3-6,9-10H,2,7-8,16H2,1H3. The molecular formula is C14H17ClN2S2. The third kappa shape index (κ3) is 4.21. The first-order valence-electron chi connectivity index (χ1n) is 6.23. The number of aromatic nitrogens is 1. The Morgan fingerprint density at radius 3 is 2.95 bits per heavy atom. The van der Waals surface area contributed by atoms with Gasteiger partial charge in [0, 0.05) is 28.5 Å². The van der Waals surface area contributed by atoms with Crippen LogP contribution < -0.4 is 5.73 Å². The van der Waals surface area contributed by atoms with E-state index in [4.69, 9.17) is 17.3 Å². The van der Waals surface area contributed by atoms with Gasteiger partial charge in [-0.25, -0.2) is 4.98 Å². The van der Waals surface area contributed by atoms with Crippen LogP contribution in [-0.2, 0) is 5.75 Å². The van der Waals surface area contributed by atoms with E-state index in [0.717, 1.165) is 39.2 Å². The fraction of sp³-hybridized carbons (Fsp3) is 0.357. The molecule has 0 aliphatic heterocycles. The van der Waals surface area contributed by atoms with Gasteiger partial charge in [-0.1, -0.05) is 36.7 Å². The predicted molar refractivity (Wildman–Crippen MR) is 87.0 cm³/mol. The minimum atomic E-state index is 0.284.